The average Bonchev–Trinajstić information content (AvgIpc) is 3.14. The number of para-hydroxylation sites is 2. The number of hydrogen-bond donors (Lipinski definition) is 3. The first-order valence-corrected chi connectivity index (χ1v) is 10.5. The second-order valence-electron chi connectivity index (χ2n) is 6.71. The van der Waals surface area contributed by atoms with Crippen LogP contribution in [0.1, 0.15) is 36.8 Å². The summed E-state index contributed by atoms with van der Waals surface area (Å²) in [6, 6.07) is 17.1. The van der Waals surface area contributed by atoms with Crippen molar-refractivity contribution >= 4 is 53.5 Å². The normalized spacial score (nSPS) is 13.6. The summed E-state index contributed by atoms with van der Waals surface area (Å²) in [7, 11) is 0. The van der Waals surface area contributed by atoms with Crippen LogP contribution < -0.4 is 11.1 Å². The number of hydrogen-bond acceptors (Lipinski definition) is 4. The lowest BCUT2D eigenvalue weighted by Gasteiger charge is -2.23. The quantitative estimate of drug-likeness (QED) is 0.462. The molecule has 0 saturated carbocycles. The zero-order valence-corrected chi connectivity index (χ0v) is 18.9. The smallest absolute Gasteiger partial charge is 0.225 e. The van der Waals surface area contributed by atoms with Gasteiger partial charge in [0.1, 0.15) is 5.82 Å². The SMILES string of the molecule is CSCCC(NC(=O)C(C)C(N)c1ccccc1)c1nc2ccccc2[nH]1.Cl.Cl. The van der Waals surface area contributed by atoms with Gasteiger partial charge in [0, 0.05) is 6.04 Å². The predicted molar refractivity (Wildman–Crippen MR) is 127 cm³/mol. The van der Waals surface area contributed by atoms with E-state index in [2.05, 4.69) is 21.5 Å². The number of imidazole rings is 1. The highest BCUT2D eigenvalue weighted by molar-refractivity contribution is 7.98. The molecule has 3 rings (SSSR count). The van der Waals surface area contributed by atoms with Crippen molar-refractivity contribution in [2.75, 3.05) is 12.0 Å². The summed E-state index contributed by atoms with van der Waals surface area (Å²) in [6.07, 6.45) is 2.87. The maximum atomic E-state index is 12.9. The van der Waals surface area contributed by atoms with Gasteiger partial charge in [-0.1, -0.05) is 49.4 Å². The van der Waals surface area contributed by atoms with Crippen LogP contribution in [0.25, 0.3) is 11.0 Å². The van der Waals surface area contributed by atoms with Crippen molar-refractivity contribution in [2.24, 2.45) is 11.7 Å². The van der Waals surface area contributed by atoms with Crippen LogP contribution in [-0.4, -0.2) is 27.9 Å². The second-order valence-corrected chi connectivity index (χ2v) is 7.69. The number of halogens is 2. The van der Waals surface area contributed by atoms with Gasteiger partial charge in [-0.25, -0.2) is 4.98 Å². The lowest BCUT2D eigenvalue weighted by Crippen LogP contribution is -2.38. The minimum absolute atomic E-state index is 0. The lowest BCUT2D eigenvalue weighted by molar-refractivity contribution is -0.126. The number of aromatic amines is 1. The highest BCUT2D eigenvalue weighted by Gasteiger charge is 2.26. The molecule has 2 aromatic carbocycles. The van der Waals surface area contributed by atoms with Gasteiger partial charge in [0.15, 0.2) is 0 Å². The molecule has 3 unspecified atom stereocenters. The number of rotatable bonds is 8. The van der Waals surface area contributed by atoms with Crippen LogP contribution in [-0.2, 0) is 4.79 Å². The van der Waals surface area contributed by atoms with E-state index in [1.807, 2.05) is 61.5 Å². The molecule has 0 aliphatic rings. The van der Waals surface area contributed by atoms with Gasteiger partial charge in [-0.15, -0.1) is 24.8 Å². The predicted octanol–water partition coefficient (Wildman–Crippen LogP) is 4.65. The van der Waals surface area contributed by atoms with Crippen molar-refractivity contribution in [3.63, 3.8) is 0 Å². The number of fused-ring (bicyclic) bond motifs is 1. The number of benzene rings is 2. The molecule has 158 valence electrons. The molecular formula is C21H28Cl2N4OS. The van der Waals surface area contributed by atoms with Gasteiger partial charge in [-0.2, -0.15) is 11.8 Å². The van der Waals surface area contributed by atoms with Crippen molar-refractivity contribution in [1.29, 1.82) is 0 Å². The van der Waals surface area contributed by atoms with Crippen molar-refractivity contribution < 1.29 is 4.79 Å². The van der Waals surface area contributed by atoms with E-state index in [9.17, 15) is 4.79 Å². The number of thioether (sulfide) groups is 1. The summed E-state index contributed by atoms with van der Waals surface area (Å²) in [5, 5.41) is 3.15. The zero-order chi connectivity index (χ0) is 19.2. The summed E-state index contributed by atoms with van der Waals surface area (Å²) >= 11 is 1.75. The van der Waals surface area contributed by atoms with Crippen molar-refractivity contribution in [1.82, 2.24) is 15.3 Å². The number of amides is 1. The van der Waals surface area contributed by atoms with Crippen LogP contribution in [0.5, 0.6) is 0 Å². The van der Waals surface area contributed by atoms with Gasteiger partial charge in [-0.3, -0.25) is 4.79 Å². The molecule has 29 heavy (non-hydrogen) atoms. The first-order chi connectivity index (χ1) is 13.1. The van der Waals surface area contributed by atoms with E-state index in [1.54, 1.807) is 11.8 Å². The van der Waals surface area contributed by atoms with E-state index in [0.717, 1.165) is 34.6 Å². The van der Waals surface area contributed by atoms with E-state index < -0.39 is 0 Å². The fourth-order valence-electron chi connectivity index (χ4n) is 3.08. The fraction of sp³-hybridized carbons (Fsp3) is 0.333. The van der Waals surface area contributed by atoms with Crippen LogP contribution in [0.2, 0.25) is 0 Å². The summed E-state index contributed by atoms with van der Waals surface area (Å²) in [5.74, 6) is 1.33. The van der Waals surface area contributed by atoms with Crippen molar-refractivity contribution in [3.05, 3.63) is 66.0 Å². The van der Waals surface area contributed by atoms with Gasteiger partial charge in [-0.05, 0) is 36.1 Å². The van der Waals surface area contributed by atoms with Crippen molar-refractivity contribution in [2.45, 2.75) is 25.4 Å². The Kier molecular flexibility index (Phi) is 10.5. The molecular weight excluding hydrogens is 427 g/mol. The summed E-state index contributed by atoms with van der Waals surface area (Å²) in [5.41, 5.74) is 9.17. The monoisotopic (exact) mass is 454 g/mol. The first-order valence-electron chi connectivity index (χ1n) is 9.14. The van der Waals surface area contributed by atoms with Crippen LogP contribution in [0, 0.1) is 5.92 Å². The summed E-state index contributed by atoms with van der Waals surface area (Å²) < 4.78 is 0. The minimum Gasteiger partial charge on any atom is -0.346 e. The Morgan fingerprint density at radius 2 is 1.79 bits per heavy atom. The third kappa shape index (κ3) is 6.37. The number of nitrogens with zero attached hydrogens (tertiary/aromatic N) is 1. The Labute approximate surface area is 188 Å². The van der Waals surface area contributed by atoms with Gasteiger partial charge in [0.2, 0.25) is 5.91 Å². The summed E-state index contributed by atoms with van der Waals surface area (Å²) in [6.45, 7) is 1.87. The number of aromatic nitrogens is 2. The van der Waals surface area contributed by atoms with Crippen molar-refractivity contribution in [3.8, 4) is 0 Å². The molecule has 0 saturated heterocycles. The molecule has 3 aromatic rings. The molecule has 0 radical (unpaired) electrons. The maximum absolute atomic E-state index is 12.9. The highest BCUT2D eigenvalue weighted by atomic mass is 35.5. The largest absolute Gasteiger partial charge is 0.346 e. The zero-order valence-electron chi connectivity index (χ0n) is 16.5. The molecule has 0 aliphatic heterocycles. The molecule has 1 aromatic heterocycles. The van der Waals surface area contributed by atoms with Crippen LogP contribution >= 0.6 is 36.6 Å². The molecule has 0 bridgehead atoms. The lowest BCUT2D eigenvalue weighted by atomic mass is 9.94. The number of nitrogens with two attached hydrogens (primary N) is 1. The molecule has 0 spiro atoms. The number of carbonyl (C=O) groups is 1. The van der Waals surface area contributed by atoms with E-state index in [-0.39, 0.29) is 48.7 Å². The van der Waals surface area contributed by atoms with E-state index in [4.69, 9.17) is 5.73 Å². The van der Waals surface area contributed by atoms with Gasteiger partial charge >= 0.3 is 0 Å². The molecule has 4 N–H and O–H groups in total. The average molecular weight is 455 g/mol. The Morgan fingerprint density at radius 1 is 1.14 bits per heavy atom. The Morgan fingerprint density at radius 3 is 2.45 bits per heavy atom. The molecule has 3 atom stereocenters. The molecule has 0 fully saturated rings. The number of carbonyl (C=O) groups excluding carboxylic acids is 1. The third-order valence-electron chi connectivity index (χ3n) is 4.80. The number of H-pyrrole nitrogens is 1. The fourth-order valence-corrected chi connectivity index (χ4v) is 3.55. The highest BCUT2D eigenvalue weighted by Crippen LogP contribution is 2.23. The molecule has 0 aliphatic carbocycles. The van der Waals surface area contributed by atoms with E-state index in [1.165, 1.54) is 0 Å². The van der Waals surface area contributed by atoms with Crippen LogP contribution in [0.15, 0.2) is 54.6 Å². The van der Waals surface area contributed by atoms with Gasteiger partial charge < -0.3 is 16.0 Å². The van der Waals surface area contributed by atoms with Gasteiger partial charge in [0.05, 0.1) is 23.0 Å². The molecule has 8 heteroatoms. The summed E-state index contributed by atoms with van der Waals surface area (Å²) in [4.78, 5) is 20.9. The second kappa shape index (κ2) is 12.1. The maximum Gasteiger partial charge on any atom is 0.225 e. The molecule has 1 heterocycles. The Balaban J connectivity index is 0.00000210. The standard InChI is InChI=1S/C21H26N4OS.2ClH/c1-14(19(22)15-8-4-3-5-9-15)21(26)25-18(12-13-27-2)20-23-16-10-6-7-11-17(16)24-20;;/h3-11,14,18-19H,12-13,22H2,1-2H3,(H,23,24)(H,25,26);2*1H. The third-order valence-corrected chi connectivity index (χ3v) is 5.45. The van der Waals surface area contributed by atoms with Crippen LogP contribution in [0.4, 0.5) is 0 Å². The molecule has 5 nitrogen and oxygen atoms in total. The first kappa shape index (κ1) is 25.3. The minimum atomic E-state index is -0.344. The Hall–Kier alpha value is -1.73. The van der Waals surface area contributed by atoms with Gasteiger partial charge in [0.25, 0.3) is 0 Å². The Bertz CT molecular complexity index is 858. The van der Waals surface area contributed by atoms with Crippen LogP contribution in [0.3, 0.4) is 0 Å². The number of nitrogens with one attached hydrogen (secondary N) is 2. The topological polar surface area (TPSA) is 83.8 Å². The molecule has 1 amide bonds. The van der Waals surface area contributed by atoms with E-state index >= 15 is 0 Å². The van der Waals surface area contributed by atoms with E-state index in [0.29, 0.717) is 0 Å².